The molecule has 0 radical (unpaired) electrons. The van der Waals surface area contributed by atoms with E-state index in [9.17, 15) is 9.50 Å². The van der Waals surface area contributed by atoms with E-state index in [4.69, 9.17) is 0 Å². The zero-order valence-corrected chi connectivity index (χ0v) is 8.33. The lowest BCUT2D eigenvalue weighted by molar-refractivity contribution is 0.151. The van der Waals surface area contributed by atoms with Crippen molar-refractivity contribution in [3.05, 3.63) is 35.4 Å². The fraction of sp³-hybridized carbons (Fsp3) is 0.500. The van der Waals surface area contributed by atoms with E-state index in [1.807, 2.05) is 18.2 Å². The third-order valence-electron chi connectivity index (χ3n) is 2.77. The van der Waals surface area contributed by atoms with E-state index in [0.717, 1.165) is 18.4 Å². The van der Waals surface area contributed by atoms with Gasteiger partial charge in [-0.25, -0.2) is 4.39 Å². The number of hydrogen-bond donors (Lipinski definition) is 1. The van der Waals surface area contributed by atoms with Gasteiger partial charge in [0, 0.05) is 6.42 Å². The predicted molar refractivity (Wildman–Crippen MR) is 53.9 cm³/mol. The van der Waals surface area contributed by atoms with Gasteiger partial charge in [0.2, 0.25) is 0 Å². The standard InChI is InChI=1S/C12H15FO/c1-9(13)11-4-2-3-10(7-11)8-12(14)5-6-12/h2-4,7,9,14H,5-6,8H2,1H3. The zero-order valence-electron chi connectivity index (χ0n) is 8.33. The Hall–Kier alpha value is -0.890. The van der Waals surface area contributed by atoms with Crippen LogP contribution in [0.2, 0.25) is 0 Å². The lowest BCUT2D eigenvalue weighted by atomic mass is 10.0. The van der Waals surface area contributed by atoms with Crippen LogP contribution < -0.4 is 0 Å². The highest BCUT2D eigenvalue weighted by Crippen LogP contribution is 2.38. The lowest BCUT2D eigenvalue weighted by Gasteiger charge is -2.09. The summed E-state index contributed by atoms with van der Waals surface area (Å²) in [5.74, 6) is 0. The summed E-state index contributed by atoms with van der Waals surface area (Å²) in [4.78, 5) is 0. The summed E-state index contributed by atoms with van der Waals surface area (Å²) >= 11 is 0. The summed E-state index contributed by atoms with van der Waals surface area (Å²) < 4.78 is 13.0. The van der Waals surface area contributed by atoms with Crippen molar-refractivity contribution in [1.82, 2.24) is 0 Å². The van der Waals surface area contributed by atoms with Crippen LogP contribution in [0.4, 0.5) is 4.39 Å². The maximum absolute atomic E-state index is 13.0. The van der Waals surface area contributed by atoms with Crippen LogP contribution in [0.1, 0.15) is 37.1 Å². The van der Waals surface area contributed by atoms with Gasteiger partial charge in [-0.15, -0.1) is 0 Å². The highest BCUT2D eigenvalue weighted by Gasteiger charge is 2.40. The van der Waals surface area contributed by atoms with Crippen molar-refractivity contribution in [3.8, 4) is 0 Å². The topological polar surface area (TPSA) is 20.2 Å². The summed E-state index contributed by atoms with van der Waals surface area (Å²) in [7, 11) is 0. The van der Waals surface area contributed by atoms with Gasteiger partial charge in [-0.3, -0.25) is 0 Å². The van der Waals surface area contributed by atoms with Crippen LogP contribution >= 0.6 is 0 Å². The summed E-state index contributed by atoms with van der Waals surface area (Å²) in [6.07, 6.45) is 1.49. The first-order chi connectivity index (χ1) is 6.59. The molecule has 1 aromatic rings. The molecule has 1 aromatic carbocycles. The van der Waals surface area contributed by atoms with Crippen molar-refractivity contribution in [2.45, 2.75) is 38.0 Å². The molecule has 0 heterocycles. The molecule has 1 N–H and O–H groups in total. The Labute approximate surface area is 83.6 Å². The van der Waals surface area contributed by atoms with Crippen molar-refractivity contribution >= 4 is 0 Å². The molecule has 0 aromatic heterocycles. The van der Waals surface area contributed by atoms with Crippen molar-refractivity contribution in [2.75, 3.05) is 0 Å². The molecule has 2 heteroatoms. The first-order valence-electron chi connectivity index (χ1n) is 5.04. The van der Waals surface area contributed by atoms with Crippen LogP contribution in [0.3, 0.4) is 0 Å². The summed E-state index contributed by atoms with van der Waals surface area (Å²) in [5.41, 5.74) is 1.25. The Balaban J connectivity index is 2.13. The minimum absolute atomic E-state index is 0.488. The number of aliphatic hydroxyl groups is 1. The predicted octanol–water partition coefficient (Wildman–Crippen LogP) is 2.78. The molecule has 1 fully saturated rings. The van der Waals surface area contributed by atoms with E-state index in [1.165, 1.54) is 6.92 Å². The highest BCUT2D eigenvalue weighted by atomic mass is 19.1. The first-order valence-corrected chi connectivity index (χ1v) is 5.04. The maximum Gasteiger partial charge on any atom is 0.122 e. The molecule has 1 unspecified atom stereocenters. The molecule has 0 amide bonds. The van der Waals surface area contributed by atoms with Crippen molar-refractivity contribution in [1.29, 1.82) is 0 Å². The number of alkyl halides is 1. The number of benzene rings is 1. The van der Waals surface area contributed by atoms with E-state index in [-0.39, 0.29) is 0 Å². The number of halogens is 1. The van der Waals surface area contributed by atoms with Crippen molar-refractivity contribution in [3.63, 3.8) is 0 Å². The Kier molecular flexibility index (Phi) is 2.31. The SMILES string of the molecule is CC(F)c1cccc(CC2(O)CC2)c1. The second-order valence-electron chi connectivity index (χ2n) is 4.26. The average Bonchev–Trinajstić information content (AvgIpc) is 2.83. The van der Waals surface area contributed by atoms with Gasteiger partial charge in [0.15, 0.2) is 0 Å². The molecule has 76 valence electrons. The van der Waals surface area contributed by atoms with E-state index >= 15 is 0 Å². The second kappa shape index (κ2) is 3.35. The van der Waals surface area contributed by atoms with Gasteiger partial charge in [-0.1, -0.05) is 24.3 Å². The quantitative estimate of drug-likeness (QED) is 0.784. The normalized spacial score (nSPS) is 20.5. The zero-order chi connectivity index (χ0) is 10.2. The van der Waals surface area contributed by atoms with Crippen LogP contribution in [0.25, 0.3) is 0 Å². The molecule has 1 nitrogen and oxygen atoms in total. The average molecular weight is 194 g/mol. The third-order valence-corrected chi connectivity index (χ3v) is 2.77. The maximum atomic E-state index is 13.0. The summed E-state index contributed by atoms with van der Waals surface area (Å²) in [6.45, 7) is 1.53. The van der Waals surface area contributed by atoms with E-state index in [0.29, 0.717) is 12.0 Å². The van der Waals surface area contributed by atoms with Gasteiger partial charge in [0.05, 0.1) is 5.60 Å². The van der Waals surface area contributed by atoms with Crippen LogP contribution in [-0.2, 0) is 6.42 Å². The largest absolute Gasteiger partial charge is 0.390 e. The number of hydrogen-bond acceptors (Lipinski definition) is 1. The molecule has 1 aliphatic rings. The smallest absolute Gasteiger partial charge is 0.122 e. The van der Waals surface area contributed by atoms with Gasteiger partial charge < -0.3 is 5.11 Å². The lowest BCUT2D eigenvalue weighted by Crippen LogP contribution is -2.10. The Morgan fingerprint density at radius 1 is 1.50 bits per heavy atom. The van der Waals surface area contributed by atoms with Crippen molar-refractivity contribution < 1.29 is 9.50 Å². The fourth-order valence-electron chi connectivity index (χ4n) is 1.65. The molecule has 0 aliphatic heterocycles. The number of rotatable bonds is 3. The van der Waals surface area contributed by atoms with E-state index in [1.54, 1.807) is 6.07 Å². The van der Waals surface area contributed by atoms with Crippen molar-refractivity contribution in [2.24, 2.45) is 0 Å². The monoisotopic (exact) mass is 194 g/mol. The Bertz CT molecular complexity index is 329. The minimum atomic E-state index is -0.927. The van der Waals surface area contributed by atoms with Gasteiger partial charge >= 0.3 is 0 Å². The van der Waals surface area contributed by atoms with Gasteiger partial charge in [-0.2, -0.15) is 0 Å². The van der Waals surface area contributed by atoms with Crippen LogP contribution in [0.5, 0.6) is 0 Å². The van der Waals surface area contributed by atoms with Gasteiger partial charge in [-0.05, 0) is 30.9 Å². The summed E-state index contributed by atoms with van der Waals surface area (Å²) in [5, 5.41) is 9.72. The molecule has 1 saturated carbocycles. The molecular formula is C12H15FO. The molecule has 14 heavy (non-hydrogen) atoms. The minimum Gasteiger partial charge on any atom is -0.390 e. The molecule has 1 atom stereocenters. The molecular weight excluding hydrogens is 179 g/mol. The third kappa shape index (κ3) is 2.13. The second-order valence-corrected chi connectivity index (χ2v) is 4.26. The van der Waals surface area contributed by atoms with E-state index in [2.05, 4.69) is 0 Å². The molecule has 0 saturated heterocycles. The molecule has 0 spiro atoms. The Morgan fingerprint density at radius 3 is 2.79 bits per heavy atom. The van der Waals surface area contributed by atoms with Gasteiger partial charge in [0.1, 0.15) is 6.17 Å². The first kappa shape index (κ1) is 9.66. The van der Waals surface area contributed by atoms with Gasteiger partial charge in [0.25, 0.3) is 0 Å². The molecule has 2 rings (SSSR count). The fourth-order valence-corrected chi connectivity index (χ4v) is 1.65. The molecule has 1 aliphatic carbocycles. The highest BCUT2D eigenvalue weighted by molar-refractivity contribution is 5.27. The van der Waals surface area contributed by atoms with Crippen LogP contribution in [0, 0.1) is 0 Å². The van der Waals surface area contributed by atoms with Crippen LogP contribution in [-0.4, -0.2) is 10.7 Å². The Morgan fingerprint density at radius 2 is 2.21 bits per heavy atom. The van der Waals surface area contributed by atoms with Crippen LogP contribution in [0.15, 0.2) is 24.3 Å². The molecule has 0 bridgehead atoms. The summed E-state index contributed by atoms with van der Waals surface area (Å²) in [6, 6.07) is 7.43. The van der Waals surface area contributed by atoms with E-state index < -0.39 is 11.8 Å².